The Hall–Kier alpha value is -1.39. The zero-order valence-electron chi connectivity index (χ0n) is 10.9. The number of aryl methyl sites for hydroxylation is 1. The maximum absolute atomic E-state index is 12.3. The third-order valence-electron chi connectivity index (χ3n) is 3.64. The first-order valence-corrected chi connectivity index (χ1v) is 8.05. The molecule has 0 bridgehead atoms. The lowest BCUT2D eigenvalue weighted by Gasteiger charge is -2.23. The molecule has 1 amide bonds. The van der Waals surface area contributed by atoms with Gasteiger partial charge in [-0.3, -0.25) is 4.79 Å². The highest BCUT2D eigenvalue weighted by atomic mass is 35.5. The van der Waals surface area contributed by atoms with Gasteiger partial charge in [-0.15, -0.1) is 22.9 Å². The summed E-state index contributed by atoms with van der Waals surface area (Å²) >= 11 is 7.14. The molecule has 1 aliphatic carbocycles. The van der Waals surface area contributed by atoms with E-state index < -0.39 is 0 Å². The lowest BCUT2D eigenvalue weighted by atomic mass is 9.83. The second-order valence-corrected chi connectivity index (χ2v) is 6.10. The molecule has 1 aliphatic rings. The Morgan fingerprint density at radius 3 is 2.95 bits per heavy atom. The maximum atomic E-state index is 12.3. The van der Waals surface area contributed by atoms with E-state index in [2.05, 4.69) is 28.5 Å². The van der Waals surface area contributed by atoms with E-state index >= 15 is 0 Å². The molecule has 0 aliphatic heterocycles. The Morgan fingerprint density at radius 2 is 2.20 bits per heavy atom. The monoisotopic (exact) mass is 306 g/mol. The minimum absolute atomic E-state index is 0.0354. The minimum atomic E-state index is 0.0354. The summed E-state index contributed by atoms with van der Waals surface area (Å²) in [5.74, 6) is 0.478. The van der Waals surface area contributed by atoms with Crippen LogP contribution in [0.3, 0.4) is 0 Å². The van der Waals surface area contributed by atoms with Crippen molar-refractivity contribution in [3.63, 3.8) is 0 Å². The fourth-order valence-corrected chi connectivity index (χ4v) is 3.50. The molecule has 5 heteroatoms. The van der Waals surface area contributed by atoms with Gasteiger partial charge in [-0.25, -0.2) is 4.98 Å². The molecule has 3 rings (SSSR count). The Morgan fingerprint density at radius 1 is 1.40 bits per heavy atom. The number of aromatic nitrogens is 1. The van der Waals surface area contributed by atoms with Gasteiger partial charge in [0, 0.05) is 11.3 Å². The Labute approximate surface area is 127 Å². The van der Waals surface area contributed by atoms with Gasteiger partial charge < -0.3 is 5.32 Å². The summed E-state index contributed by atoms with van der Waals surface area (Å²) in [6.07, 6.45) is 2.69. The van der Waals surface area contributed by atoms with Crippen LogP contribution >= 0.6 is 22.9 Å². The molecule has 2 aromatic rings. The molecule has 0 fully saturated rings. The number of benzene rings is 1. The molecule has 0 radical (unpaired) electrons. The Kier molecular flexibility index (Phi) is 4.03. The van der Waals surface area contributed by atoms with Gasteiger partial charge in [0.15, 0.2) is 5.13 Å². The fourth-order valence-electron chi connectivity index (χ4n) is 2.55. The average Bonchev–Trinajstić information content (AvgIpc) is 2.94. The number of hydrogen-bond donors (Lipinski definition) is 1. The second-order valence-electron chi connectivity index (χ2n) is 4.98. The number of rotatable bonds is 3. The van der Waals surface area contributed by atoms with E-state index in [1.807, 2.05) is 11.4 Å². The fraction of sp³-hybridized carbons (Fsp3) is 0.333. The quantitative estimate of drug-likeness (QED) is 0.880. The van der Waals surface area contributed by atoms with Gasteiger partial charge in [0.25, 0.3) is 0 Å². The minimum Gasteiger partial charge on any atom is -0.302 e. The smallest absolute Gasteiger partial charge is 0.229 e. The third kappa shape index (κ3) is 2.86. The van der Waals surface area contributed by atoms with Crippen LogP contribution in [0.5, 0.6) is 0 Å². The summed E-state index contributed by atoms with van der Waals surface area (Å²) < 4.78 is 0. The number of anilines is 1. The van der Waals surface area contributed by atoms with Crippen LogP contribution in [-0.4, -0.2) is 10.9 Å². The normalized spacial score (nSPS) is 17.6. The van der Waals surface area contributed by atoms with Crippen LogP contribution in [-0.2, 0) is 23.5 Å². The van der Waals surface area contributed by atoms with Crippen LogP contribution in [0, 0.1) is 5.92 Å². The van der Waals surface area contributed by atoms with Crippen LogP contribution in [0.4, 0.5) is 5.13 Å². The van der Waals surface area contributed by atoms with Gasteiger partial charge in [-0.05, 0) is 30.4 Å². The van der Waals surface area contributed by atoms with Crippen molar-refractivity contribution in [3.05, 3.63) is 46.5 Å². The molecule has 1 aromatic carbocycles. The van der Waals surface area contributed by atoms with Crippen molar-refractivity contribution in [2.75, 3.05) is 5.32 Å². The first-order valence-electron chi connectivity index (χ1n) is 6.64. The molecule has 104 valence electrons. The molecule has 0 saturated carbocycles. The standard InChI is InChI=1S/C15H15ClN2OS/c16-8-13-9-20-15(17-13)18-14(19)12-6-5-10-3-1-2-4-11(10)7-12/h1-4,9,12H,5-8H2,(H,17,18,19). The van der Waals surface area contributed by atoms with Crippen LogP contribution in [0.2, 0.25) is 0 Å². The number of carbonyl (C=O) groups excluding carboxylic acids is 1. The van der Waals surface area contributed by atoms with Gasteiger partial charge in [0.1, 0.15) is 0 Å². The Bertz CT molecular complexity index is 626. The molecule has 1 N–H and O–H groups in total. The largest absolute Gasteiger partial charge is 0.302 e. The number of nitrogens with zero attached hydrogens (tertiary/aromatic N) is 1. The highest BCUT2D eigenvalue weighted by Gasteiger charge is 2.24. The van der Waals surface area contributed by atoms with E-state index in [9.17, 15) is 4.79 Å². The molecular weight excluding hydrogens is 292 g/mol. The van der Waals surface area contributed by atoms with Crippen molar-refractivity contribution in [1.82, 2.24) is 4.98 Å². The second kappa shape index (κ2) is 5.94. The number of alkyl halides is 1. The number of amides is 1. The average molecular weight is 307 g/mol. The zero-order chi connectivity index (χ0) is 13.9. The number of halogens is 1. The predicted molar refractivity (Wildman–Crippen MR) is 82.3 cm³/mol. The zero-order valence-corrected chi connectivity index (χ0v) is 12.5. The van der Waals surface area contributed by atoms with Crippen molar-refractivity contribution in [2.45, 2.75) is 25.1 Å². The predicted octanol–water partition coefficient (Wildman–Crippen LogP) is 3.63. The van der Waals surface area contributed by atoms with Crippen LogP contribution in [0.1, 0.15) is 23.2 Å². The molecule has 1 unspecified atom stereocenters. The number of thiazole rings is 1. The number of fused-ring (bicyclic) bond motifs is 1. The van der Waals surface area contributed by atoms with Crippen molar-refractivity contribution in [2.24, 2.45) is 5.92 Å². The summed E-state index contributed by atoms with van der Waals surface area (Å²) in [5, 5.41) is 5.42. The van der Waals surface area contributed by atoms with Crippen LogP contribution in [0.15, 0.2) is 29.6 Å². The van der Waals surface area contributed by atoms with Crippen molar-refractivity contribution < 1.29 is 4.79 Å². The number of hydrogen-bond acceptors (Lipinski definition) is 3. The van der Waals surface area contributed by atoms with Gasteiger partial charge in [-0.2, -0.15) is 0 Å². The number of nitrogens with one attached hydrogen (secondary N) is 1. The van der Waals surface area contributed by atoms with E-state index in [1.165, 1.54) is 22.5 Å². The molecule has 20 heavy (non-hydrogen) atoms. The van der Waals surface area contributed by atoms with Crippen molar-refractivity contribution in [1.29, 1.82) is 0 Å². The first-order chi connectivity index (χ1) is 9.76. The Balaban J connectivity index is 1.67. The van der Waals surface area contributed by atoms with Gasteiger partial charge in [0.05, 0.1) is 11.6 Å². The summed E-state index contributed by atoms with van der Waals surface area (Å²) in [6, 6.07) is 8.36. The summed E-state index contributed by atoms with van der Waals surface area (Å²) in [7, 11) is 0. The molecule has 0 saturated heterocycles. The third-order valence-corrected chi connectivity index (χ3v) is 4.72. The maximum Gasteiger partial charge on any atom is 0.229 e. The van der Waals surface area contributed by atoms with E-state index in [-0.39, 0.29) is 11.8 Å². The van der Waals surface area contributed by atoms with Crippen molar-refractivity contribution in [3.8, 4) is 0 Å². The van der Waals surface area contributed by atoms with Crippen molar-refractivity contribution >= 4 is 34.0 Å². The number of carbonyl (C=O) groups is 1. The summed E-state index contributed by atoms with van der Waals surface area (Å²) in [5.41, 5.74) is 3.47. The highest BCUT2D eigenvalue weighted by molar-refractivity contribution is 7.13. The molecule has 1 aromatic heterocycles. The SMILES string of the molecule is O=C(Nc1nc(CCl)cs1)C1CCc2ccccc2C1. The van der Waals surface area contributed by atoms with Crippen LogP contribution in [0.25, 0.3) is 0 Å². The molecule has 0 spiro atoms. The van der Waals surface area contributed by atoms with E-state index in [4.69, 9.17) is 11.6 Å². The molecule has 3 nitrogen and oxygen atoms in total. The van der Waals surface area contributed by atoms with E-state index in [1.54, 1.807) is 0 Å². The molecule has 1 atom stereocenters. The lowest BCUT2D eigenvalue weighted by molar-refractivity contribution is -0.120. The topological polar surface area (TPSA) is 42.0 Å². The van der Waals surface area contributed by atoms with Gasteiger partial charge >= 0.3 is 0 Å². The summed E-state index contributed by atoms with van der Waals surface area (Å²) in [6.45, 7) is 0. The van der Waals surface area contributed by atoms with E-state index in [0.717, 1.165) is 25.0 Å². The van der Waals surface area contributed by atoms with E-state index in [0.29, 0.717) is 11.0 Å². The first kappa shape index (κ1) is 13.6. The summed E-state index contributed by atoms with van der Waals surface area (Å²) in [4.78, 5) is 16.6. The van der Waals surface area contributed by atoms with Crippen LogP contribution < -0.4 is 5.32 Å². The lowest BCUT2D eigenvalue weighted by Crippen LogP contribution is -2.28. The molecule has 1 heterocycles. The highest BCUT2D eigenvalue weighted by Crippen LogP contribution is 2.27. The van der Waals surface area contributed by atoms with Gasteiger partial charge in [-0.1, -0.05) is 24.3 Å². The molecular formula is C15H15ClN2OS. The van der Waals surface area contributed by atoms with Gasteiger partial charge in [0.2, 0.25) is 5.91 Å².